The Kier molecular flexibility index (Phi) is 5.21. The molecule has 1 aromatic heterocycles. The molecule has 1 N–H and O–H groups in total. The Morgan fingerprint density at radius 3 is 2.85 bits per heavy atom. The highest BCUT2D eigenvalue weighted by molar-refractivity contribution is 8.00. The van der Waals surface area contributed by atoms with Crippen molar-refractivity contribution >= 4 is 11.8 Å². The fourth-order valence-corrected chi connectivity index (χ4v) is 3.55. The van der Waals surface area contributed by atoms with Crippen LogP contribution >= 0.6 is 11.8 Å². The molecule has 2 heterocycles. The summed E-state index contributed by atoms with van der Waals surface area (Å²) in [5.74, 6) is 2.31. The fourth-order valence-electron chi connectivity index (χ4n) is 2.39. The Morgan fingerprint density at radius 1 is 1.40 bits per heavy atom. The van der Waals surface area contributed by atoms with Gasteiger partial charge in [-0.15, -0.1) is 0 Å². The number of hydrogen-bond donors (Lipinski definition) is 1. The summed E-state index contributed by atoms with van der Waals surface area (Å²) < 4.78 is 5.73. The Morgan fingerprint density at radius 2 is 2.15 bits per heavy atom. The molecule has 2 unspecified atom stereocenters. The van der Waals surface area contributed by atoms with E-state index in [0.29, 0.717) is 11.3 Å². The third kappa shape index (κ3) is 4.54. The van der Waals surface area contributed by atoms with Gasteiger partial charge in [0.25, 0.3) is 0 Å². The van der Waals surface area contributed by atoms with Crippen LogP contribution in [0.3, 0.4) is 0 Å². The number of nitrogens with zero attached hydrogens (tertiary/aromatic N) is 1. The number of hydrogen-bond acceptors (Lipinski definition) is 4. The molecule has 3 nitrogen and oxygen atoms in total. The molecule has 1 saturated heterocycles. The molecule has 4 heteroatoms. The lowest BCUT2D eigenvalue weighted by Gasteiger charge is -2.36. The second-order valence-electron chi connectivity index (χ2n) is 6.81. The van der Waals surface area contributed by atoms with Gasteiger partial charge < -0.3 is 9.73 Å². The van der Waals surface area contributed by atoms with Crippen molar-refractivity contribution in [1.82, 2.24) is 10.2 Å². The Hall–Kier alpha value is -0.450. The van der Waals surface area contributed by atoms with Gasteiger partial charge in [0.05, 0.1) is 12.8 Å². The predicted octanol–water partition coefficient (Wildman–Crippen LogP) is 3.49. The minimum Gasteiger partial charge on any atom is -0.468 e. The van der Waals surface area contributed by atoms with Crippen molar-refractivity contribution in [3.8, 4) is 0 Å². The van der Waals surface area contributed by atoms with Gasteiger partial charge in [0, 0.05) is 41.2 Å². The van der Waals surface area contributed by atoms with Gasteiger partial charge >= 0.3 is 0 Å². The minimum atomic E-state index is 0.144. The average Bonchev–Trinajstić information content (AvgIpc) is 2.80. The van der Waals surface area contributed by atoms with Crippen molar-refractivity contribution in [3.05, 3.63) is 23.7 Å². The Labute approximate surface area is 127 Å². The van der Waals surface area contributed by atoms with Gasteiger partial charge in [0.2, 0.25) is 0 Å². The lowest BCUT2D eigenvalue weighted by atomic mass is 10.1. The summed E-state index contributed by atoms with van der Waals surface area (Å²) in [6.07, 6.45) is 1.89. The first-order chi connectivity index (χ1) is 9.35. The summed E-state index contributed by atoms with van der Waals surface area (Å²) in [5.41, 5.74) is 1.38. The molecule has 0 spiro atoms. The molecule has 0 bridgehead atoms. The van der Waals surface area contributed by atoms with Crippen LogP contribution in [0.4, 0.5) is 0 Å². The molecule has 0 aliphatic carbocycles. The highest BCUT2D eigenvalue weighted by Gasteiger charge is 2.25. The molecule has 1 fully saturated rings. The number of nitrogens with one attached hydrogen (secondary N) is 1. The van der Waals surface area contributed by atoms with Crippen molar-refractivity contribution in [2.75, 3.05) is 12.3 Å². The molecule has 0 radical (unpaired) electrons. The molecular weight excluding hydrogens is 268 g/mol. The van der Waals surface area contributed by atoms with E-state index in [0.717, 1.165) is 25.4 Å². The van der Waals surface area contributed by atoms with Crippen LogP contribution in [0.25, 0.3) is 0 Å². The van der Waals surface area contributed by atoms with Crippen LogP contribution in [0.2, 0.25) is 0 Å². The molecular formula is C16H28N2OS. The number of thioether (sulfide) groups is 1. The summed E-state index contributed by atoms with van der Waals surface area (Å²) >= 11 is 2.07. The van der Waals surface area contributed by atoms with Crippen LogP contribution in [0.1, 0.15) is 45.9 Å². The maximum atomic E-state index is 5.73. The standard InChI is InChI=1S/C16H28N2OS/c1-12-13(2)20-7-6-18(12)10-15-8-14(11-19-15)9-17-16(3,4)5/h8,11-13,17H,6-7,9-10H2,1-5H3. The molecule has 1 aliphatic rings. The van der Waals surface area contributed by atoms with E-state index in [9.17, 15) is 0 Å². The van der Waals surface area contributed by atoms with Crippen molar-refractivity contribution in [2.45, 2.75) is 64.5 Å². The van der Waals surface area contributed by atoms with E-state index in [1.54, 1.807) is 0 Å². The average molecular weight is 296 g/mol. The van der Waals surface area contributed by atoms with E-state index < -0.39 is 0 Å². The molecule has 20 heavy (non-hydrogen) atoms. The van der Waals surface area contributed by atoms with Gasteiger partial charge in [-0.2, -0.15) is 11.8 Å². The van der Waals surface area contributed by atoms with Crippen molar-refractivity contribution in [1.29, 1.82) is 0 Å². The molecule has 0 saturated carbocycles. The second-order valence-corrected chi connectivity index (χ2v) is 8.30. The molecule has 114 valence electrons. The molecule has 0 amide bonds. The summed E-state index contributed by atoms with van der Waals surface area (Å²) in [6.45, 7) is 14.2. The van der Waals surface area contributed by atoms with Crippen LogP contribution in [0.5, 0.6) is 0 Å². The lowest BCUT2D eigenvalue weighted by Crippen LogP contribution is -2.43. The summed E-state index contributed by atoms with van der Waals surface area (Å²) in [5, 5.41) is 4.20. The van der Waals surface area contributed by atoms with Gasteiger partial charge in [-0.3, -0.25) is 4.90 Å². The molecule has 1 aromatic rings. The second kappa shape index (κ2) is 6.54. The topological polar surface area (TPSA) is 28.4 Å². The van der Waals surface area contributed by atoms with Gasteiger partial charge in [-0.1, -0.05) is 6.92 Å². The van der Waals surface area contributed by atoms with E-state index in [2.05, 4.69) is 62.7 Å². The van der Waals surface area contributed by atoms with E-state index in [1.807, 2.05) is 6.26 Å². The number of rotatable bonds is 4. The largest absolute Gasteiger partial charge is 0.468 e. The van der Waals surface area contributed by atoms with Gasteiger partial charge in [-0.05, 0) is 33.8 Å². The third-order valence-electron chi connectivity index (χ3n) is 3.90. The van der Waals surface area contributed by atoms with E-state index in [-0.39, 0.29) is 5.54 Å². The van der Waals surface area contributed by atoms with Crippen LogP contribution in [0.15, 0.2) is 16.7 Å². The highest BCUT2D eigenvalue weighted by atomic mass is 32.2. The molecule has 2 rings (SSSR count). The van der Waals surface area contributed by atoms with Crippen LogP contribution in [-0.2, 0) is 13.1 Å². The lowest BCUT2D eigenvalue weighted by molar-refractivity contribution is 0.189. The van der Waals surface area contributed by atoms with Gasteiger partial charge in [-0.25, -0.2) is 0 Å². The van der Waals surface area contributed by atoms with Crippen molar-refractivity contribution in [2.24, 2.45) is 0 Å². The maximum Gasteiger partial charge on any atom is 0.118 e. The normalized spacial score (nSPS) is 25.1. The van der Waals surface area contributed by atoms with Gasteiger partial charge in [0.1, 0.15) is 5.76 Å². The molecule has 0 aromatic carbocycles. The first kappa shape index (κ1) is 15.9. The quantitative estimate of drug-likeness (QED) is 0.920. The van der Waals surface area contributed by atoms with Crippen molar-refractivity contribution < 1.29 is 4.42 Å². The molecule has 1 aliphatic heterocycles. The fraction of sp³-hybridized carbons (Fsp3) is 0.750. The monoisotopic (exact) mass is 296 g/mol. The zero-order chi connectivity index (χ0) is 14.8. The summed E-state index contributed by atoms with van der Waals surface area (Å²) in [6, 6.07) is 2.81. The Balaban J connectivity index is 1.89. The van der Waals surface area contributed by atoms with E-state index >= 15 is 0 Å². The van der Waals surface area contributed by atoms with Crippen LogP contribution in [0, 0.1) is 0 Å². The van der Waals surface area contributed by atoms with Gasteiger partial charge in [0.15, 0.2) is 0 Å². The Bertz CT molecular complexity index is 424. The van der Waals surface area contributed by atoms with Crippen molar-refractivity contribution in [3.63, 3.8) is 0 Å². The zero-order valence-electron chi connectivity index (χ0n) is 13.4. The first-order valence-corrected chi connectivity index (χ1v) is 8.57. The van der Waals surface area contributed by atoms with E-state index in [4.69, 9.17) is 4.42 Å². The minimum absolute atomic E-state index is 0.144. The highest BCUT2D eigenvalue weighted by Crippen LogP contribution is 2.26. The zero-order valence-corrected chi connectivity index (χ0v) is 14.2. The SMILES string of the molecule is CC1SCCN(Cc2cc(CNC(C)(C)C)co2)C1C. The summed E-state index contributed by atoms with van der Waals surface area (Å²) in [7, 11) is 0. The predicted molar refractivity (Wildman–Crippen MR) is 87.1 cm³/mol. The summed E-state index contributed by atoms with van der Waals surface area (Å²) in [4.78, 5) is 2.53. The first-order valence-electron chi connectivity index (χ1n) is 7.52. The van der Waals surface area contributed by atoms with Crippen LogP contribution in [-0.4, -0.2) is 34.0 Å². The van der Waals surface area contributed by atoms with Crippen LogP contribution < -0.4 is 5.32 Å². The third-order valence-corrected chi connectivity index (χ3v) is 5.24. The maximum absolute atomic E-state index is 5.73. The number of furan rings is 1. The van der Waals surface area contributed by atoms with E-state index in [1.165, 1.54) is 11.3 Å². The molecule has 2 atom stereocenters. The smallest absolute Gasteiger partial charge is 0.118 e.